The Balaban J connectivity index is 3.09. The molecule has 0 atom stereocenters. The first-order chi connectivity index (χ1) is 7.22. The number of benzene rings is 1. The highest BCUT2D eigenvalue weighted by molar-refractivity contribution is 5.89. The number of carbonyl (C=O) groups excluding carboxylic acids is 1. The predicted octanol–water partition coefficient (Wildman–Crippen LogP) is 2.30. The molecule has 0 saturated heterocycles. The monoisotopic (exact) mass is 203 g/mol. The van der Waals surface area contributed by atoms with Gasteiger partial charge in [-0.2, -0.15) is 5.26 Å². The minimum atomic E-state index is -0.408. The summed E-state index contributed by atoms with van der Waals surface area (Å²) in [6, 6.07) is 7.18. The molecule has 0 aromatic heterocycles. The number of rotatable bonds is 3. The predicted molar refractivity (Wildman–Crippen MR) is 56.5 cm³/mol. The molecule has 0 aliphatic heterocycles. The summed E-state index contributed by atoms with van der Waals surface area (Å²) in [5.74, 6) is -0.408. The summed E-state index contributed by atoms with van der Waals surface area (Å²) < 4.78 is 4.59. The second-order valence-corrected chi connectivity index (χ2v) is 3.23. The lowest BCUT2D eigenvalue weighted by molar-refractivity contribution is 0.0600. The average Bonchev–Trinajstić information content (AvgIpc) is 2.29. The van der Waals surface area contributed by atoms with Gasteiger partial charge in [-0.15, -0.1) is 0 Å². The molecule has 15 heavy (non-hydrogen) atoms. The third kappa shape index (κ3) is 2.57. The van der Waals surface area contributed by atoms with Crippen molar-refractivity contribution in [1.82, 2.24) is 0 Å². The van der Waals surface area contributed by atoms with Gasteiger partial charge in [0, 0.05) is 0 Å². The van der Waals surface area contributed by atoms with Crippen molar-refractivity contribution in [3.05, 3.63) is 34.9 Å². The Hall–Kier alpha value is -1.82. The first-order valence-corrected chi connectivity index (χ1v) is 4.84. The molecule has 3 nitrogen and oxygen atoms in total. The maximum atomic E-state index is 11.2. The lowest BCUT2D eigenvalue weighted by Gasteiger charge is -2.04. The van der Waals surface area contributed by atoms with E-state index in [0.717, 1.165) is 18.4 Å². The van der Waals surface area contributed by atoms with Crippen LogP contribution in [0.4, 0.5) is 0 Å². The highest BCUT2D eigenvalue weighted by Crippen LogP contribution is 2.13. The lowest BCUT2D eigenvalue weighted by Crippen LogP contribution is -2.02. The van der Waals surface area contributed by atoms with Gasteiger partial charge < -0.3 is 4.74 Å². The molecule has 0 unspecified atom stereocenters. The molecule has 0 N–H and O–H groups in total. The van der Waals surface area contributed by atoms with Crippen LogP contribution in [0.25, 0.3) is 0 Å². The average molecular weight is 203 g/mol. The fourth-order valence-corrected chi connectivity index (χ4v) is 1.41. The van der Waals surface area contributed by atoms with E-state index in [1.165, 1.54) is 7.11 Å². The summed E-state index contributed by atoms with van der Waals surface area (Å²) in [6.45, 7) is 2.05. The van der Waals surface area contributed by atoms with Crippen LogP contribution in [0, 0.1) is 11.3 Å². The maximum absolute atomic E-state index is 11.2. The van der Waals surface area contributed by atoms with E-state index in [2.05, 4.69) is 17.7 Å². The molecule has 1 rings (SSSR count). The molecule has 0 spiro atoms. The number of esters is 1. The number of hydrogen-bond donors (Lipinski definition) is 0. The van der Waals surface area contributed by atoms with Crippen LogP contribution in [0.1, 0.15) is 34.8 Å². The number of carbonyl (C=O) groups is 1. The standard InChI is InChI=1S/C12H13NO2/c1-3-4-9-5-6-10(12(14)15-2)7-11(9)8-13/h5-7H,3-4H2,1-2H3. The molecule has 0 fully saturated rings. The fraction of sp³-hybridized carbons (Fsp3) is 0.333. The van der Waals surface area contributed by atoms with Gasteiger partial charge in [0.15, 0.2) is 0 Å². The summed E-state index contributed by atoms with van der Waals surface area (Å²) >= 11 is 0. The van der Waals surface area contributed by atoms with E-state index < -0.39 is 5.97 Å². The first-order valence-electron chi connectivity index (χ1n) is 4.84. The van der Waals surface area contributed by atoms with Gasteiger partial charge in [0.1, 0.15) is 0 Å². The largest absolute Gasteiger partial charge is 0.465 e. The highest BCUT2D eigenvalue weighted by Gasteiger charge is 2.08. The number of aryl methyl sites for hydroxylation is 1. The highest BCUT2D eigenvalue weighted by atomic mass is 16.5. The third-order valence-corrected chi connectivity index (χ3v) is 2.17. The first kappa shape index (κ1) is 11.3. The number of hydrogen-bond acceptors (Lipinski definition) is 3. The summed E-state index contributed by atoms with van der Waals surface area (Å²) in [5, 5.41) is 8.92. The van der Waals surface area contributed by atoms with Crippen molar-refractivity contribution in [3.8, 4) is 6.07 Å². The van der Waals surface area contributed by atoms with Gasteiger partial charge >= 0.3 is 5.97 Å². The molecule has 0 aliphatic rings. The van der Waals surface area contributed by atoms with Gasteiger partial charge in [0.05, 0.1) is 24.3 Å². The Morgan fingerprint density at radius 3 is 2.80 bits per heavy atom. The molecular weight excluding hydrogens is 190 g/mol. The smallest absolute Gasteiger partial charge is 0.337 e. The van der Waals surface area contributed by atoms with E-state index in [-0.39, 0.29) is 0 Å². The summed E-state index contributed by atoms with van der Waals surface area (Å²) in [7, 11) is 1.33. The number of ether oxygens (including phenoxy) is 1. The van der Waals surface area contributed by atoms with Crippen molar-refractivity contribution in [2.45, 2.75) is 19.8 Å². The second-order valence-electron chi connectivity index (χ2n) is 3.23. The van der Waals surface area contributed by atoms with Gasteiger partial charge in [0.2, 0.25) is 0 Å². The van der Waals surface area contributed by atoms with Gasteiger partial charge in [-0.3, -0.25) is 0 Å². The van der Waals surface area contributed by atoms with Crippen molar-refractivity contribution in [2.24, 2.45) is 0 Å². The Kier molecular flexibility index (Phi) is 3.87. The summed E-state index contributed by atoms with van der Waals surface area (Å²) in [6.07, 6.45) is 1.83. The van der Waals surface area contributed by atoms with Gasteiger partial charge in [-0.25, -0.2) is 4.79 Å². The van der Waals surface area contributed by atoms with Crippen LogP contribution in [-0.2, 0) is 11.2 Å². The molecular formula is C12H13NO2. The number of methoxy groups -OCH3 is 1. The van der Waals surface area contributed by atoms with Crippen LogP contribution in [0.5, 0.6) is 0 Å². The summed E-state index contributed by atoms with van der Waals surface area (Å²) in [4.78, 5) is 11.2. The van der Waals surface area contributed by atoms with Gasteiger partial charge in [-0.1, -0.05) is 19.4 Å². The van der Waals surface area contributed by atoms with Crippen LogP contribution in [0.15, 0.2) is 18.2 Å². The molecule has 0 aliphatic carbocycles. The topological polar surface area (TPSA) is 50.1 Å². The molecule has 1 aromatic rings. The van der Waals surface area contributed by atoms with E-state index in [0.29, 0.717) is 11.1 Å². The van der Waals surface area contributed by atoms with Crippen molar-refractivity contribution < 1.29 is 9.53 Å². The number of nitrogens with zero attached hydrogens (tertiary/aromatic N) is 1. The molecule has 0 heterocycles. The third-order valence-electron chi connectivity index (χ3n) is 2.17. The Morgan fingerprint density at radius 2 is 2.27 bits per heavy atom. The minimum Gasteiger partial charge on any atom is -0.465 e. The normalized spacial score (nSPS) is 9.40. The molecule has 0 radical (unpaired) electrons. The zero-order valence-corrected chi connectivity index (χ0v) is 8.91. The zero-order valence-electron chi connectivity index (χ0n) is 8.91. The van der Waals surface area contributed by atoms with Crippen LogP contribution in [0.3, 0.4) is 0 Å². The van der Waals surface area contributed by atoms with Gasteiger partial charge in [-0.05, 0) is 24.1 Å². The van der Waals surface area contributed by atoms with Crippen molar-refractivity contribution in [3.63, 3.8) is 0 Å². The Bertz CT molecular complexity index is 405. The fourth-order valence-electron chi connectivity index (χ4n) is 1.41. The van der Waals surface area contributed by atoms with Crippen molar-refractivity contribution in [2.75, 3.05) is 7.11 Å². The van der Waals surface area contributed by atoms with E-state index in [1.807, 2.05) is 6.07 Å². The van der Waals surface area contributed by atoms with E-state index in [1.54, 1.807) is 12.1 Å². The zero-order chi connectivity index (χ0) is 11.3. The van der Waals surface area contributed by atoms with Crippen LogP contribution < -0.4 is 0 Å². The quantitative estimate of drug-likeness (QED) is 0.708. The minimum absolute atomic E-state index is 0.408. The van der Waals surface area contributed by atoms with E-state index >= 15 is 0 Å². The number of nitriles is 1. The second kappa shape index (κ2) is 5.16. The van der Waals surface area contributed by atoms with E-state index in [4.69, 9.17) is 5.26 Å². The Morgan fingerprint density at radius 1 is 1.53 bits per heavy atom. The van der Waals surface area contributed by atoms with Crippen molar-refractivity contribution in [1.29, 1.82) is 5.26 Å². The lowest BCUT2D eigenvalue weighted by atomic mass is 10.0. The molecule has 0 saturated carbocycles. The maximum Gasteiger partial charge on any atom is 0.337 e. The SMILES string of the molecule is CCCc1ccc(C(=O)OC)cc1C#N. The summed E-state index contributed by atoms with van der Waals surface area (Å²) in [5.41, 5.74) is 1.96. The molecule has 3 heteroatoms. The van der Waals surface area contributed by atoms with Crippen molar-refractivity contribution >= 4 is 5.97 Å². The molecule has 0 amide bonds. The van der Waals surface area contributed by atoms with Crippen LogP contribution in [-0.4, -0.2) is 13.1 Å². The molecule has 1 aromatic carbocycles. The van der Waals surface area contributed by atoms with Crippen LogP contribution in [0.2, 0.25) is 0 Å². The Labute approximate surface area is 89.3 Å². The van der Waals surface area contributed by atoms with Gasteiger partial charge in [0.25, 0.3) is 0 Å². The van der Waals surface area contributed by atoms with E-state index in [9.17, 15) is 4.79 Å². The molecule has 0 bridgehead atoms. The van der Waals surface area contributed by atoms with Crippen LogP contribution >= 0.6 is 0 Å². The molecule has 78 valence electrons.